The van der Waals surface area contributed by atoms with Gasteiger partial charge < -0.3 is 5.32 Å². The van der Waals surface area contributed by atoms with Crippen molar-refractivity contribution in [2.75, 3.05) is 13.6 Å². The molecule has 1 radical (unpaired) electrons. The van der Waals surface area contributed by atoms with Crippen molar-refractivity contribution in [3.63, 3.8) is 0 Å². The van der Waals surface area contributed by atoms with Crippen LogP contribution in [0.3, 0.4) is 0 Å². The van der Waals surface area contributed by atoms with Crippen LogP contribution in [0.15, 0.2) is 0 Å². The Morgan fingerprint density at radius 2 is 1.77 bits per heavy atom. The van der Waals surface area contributed by atoms with E-state index in [0.717, 1.165) is 13.0 Å². The molecular formula is C10H21N2O. The van der Waals surface area contributed by atoms with Gasteiger partial charge in [-0.05, 0) is 6.42 Å². The number of nitrogens with zero attached hydrogens (tertiary/aromatic N) is 1. The fraction of sp³-hybridized carbons (Fsp3) is 0.900. The first-order valence-corrected chi connectivity index (χ1v) is 5.19. The first kappa shape index (κ1) is 12.3. The van der Waals surface area contributed by atoms with Gasteiger partial charge in [0.25, 0.3) is 0 Å². The molecule has 3 nitrogen and oxygen atoms in total. The largest absolute Gasteiger partial charge is 0.337 e. The molecule has 13 heavy (non-hydrogen) atoms. The standard InChI is InChI=1S/C10H21N2O/c1-3-4-5-6-7-8-9-12-10(13)11-2/h3-9H2,1-2H3,(H,12,13). The van der Waals surface area contributed by atoms with Gasteiger partial charge >= 0.3 is 6.03 Å². The molecule has 0 aliphatic rings. The minimum atomic E-state index is -0.200. The van der Waals surface area contributed by atoms with Gasteiger partial charge in [0.1, 0.15) is 0 Å². The molecule has 0 rings (SSSR count). The van der Waals surface area contributed by atoms with Crippen LogP contribution in [0.2, 0.25) is 0 Å². The number of hydrogen-bond acceptors (Lipinski definition) is 1. The van der Waals surface area contributed by atoms with Gasteiger partial charge in [0.2, 0.25) is 0 Å². The third-order valence-electron chi connectivity index (χ3n) is 2.01. The monoisotopic (exact) mass is 185 g/mol. The Balaban J connectivity index is 2.95. The summed E-state index contributed by atoms with van der Waals surface area (Å²) in [5.74, 6) is 0. The summed E-state index contributed by atoms with van der Waals surface area (Å²) in [4.78, 5) is 10.7. The zero-order valence-electron chi connectivity index (χ0n) is 8.81. The van der Waals surface area contributed by atoms with E-state index in [4.69, 9.17) is 0 Å². The molecule has 3 heteroatoms. The second-order valence-corrected chi connectivity index (χ2v) is 3.22. The minimum Gasteiger partial charge on any atom is -0.337 e. The number of carbonyl (C=O) groups excluding carboxylic acids is 1. The molecule has 0 atom stereocenters. The molecule has 0 fully saturated rings. The maximum atomic E-state index is 10.7. The van der Waals surface area contributed by atoms with Crippen molar-refractivity contribution in [1.82, 2.24) is 10.6 Å². The maximum absolute atomic E-state index is 10.7. The van der Waals surface area contributed by atoms with Crippen LogP contribution < -0.4 is 10.6 Å². The lowest BCUT2D eigenvalue weighted by Gasteiger charge is -2.02. The van der Waals surface area contributed by atoms with E-state index in [-0.39, 0.29) is 6.03 Å². The Morgan fingerprint density at radius 1 is 1.15 bits per heavy atom. The van der Waals surface area contributed by atoms with Crippen LogP contribution in [0.25, 0.3) is 0 Å². The van der Waals surface area contributed by atoms with Gasteiger partial charge in [-0.2, -0.15) is 0 Å². The third-order valence-corrected chi connectivity index (χ3v) is 2.01. The number of rotatable bonds is 7. The topological polar surface area (TPSA) is 43.2 Å². The van der Waals surface area contributed by atoms with E-state index >= 15 is 0 Å². The van der Waals surface area contributed by atoms with Crippen LogP contribution >= 0.6 is 0 Å². The summed E-state index contributed by atoms with van der Waals surface area (Å²) < 4.78 is 0. The van der Waals surface area contributed by atoms with Gasteiger partial charge in [0.05, 0.1) is 0 Å². The summed E-state index contributed by atoms with van der Waals surface area (Å²) in [6.45, 7) is 2.98. The Labute approximate surface area is 81.3 Å². The van der Waals surface area contributed by atoms with Gasteiger partial charge in [0, 0.05) is 13.6 Å². The first-order chi connectivity index (χ1) is 6.31. The van der Waals surface area contributed by atoms with Crippen molar-refractivity contribution < 1.29 is 4.79 Å². The smallest absolute Gasteiger partial charge is 0.336 e. The van der Waals surface area contributed by atoms with Crippen LogP contribution in [0.4, 0.5) is 4.79 Å². The van der Waals surface area contributed by atoms with Gasteiger partial charge in [-0.25, -0.2) is 10.1 Å². The summed E-state index contributed by atoms with van der Waals surface area (Å²) in [5, 5.41) is 6.20. The SMILES string of the molecule is CCCCCCCCNC(=O)[N]C. The van der Waals surface area contributed by atoms with E-state index in [1.54, 1.807) is 0 Å². The molecule has 0 spiro atoms. The highest BCUT2D eigenvalue weighted by atomic mass is 16.2. The van der Waals surface area contributed by atoms with Gasteiger partial charge in [-0.3, -0.25) is 0 Å². The van der Waals surface area contributed by atoms with Crippen molar-refractivity contribution in [3.8, 4) is 0 Å². The van der Waals surface area contributed by atoms with Crippen molar-refractivity contribution in [3.05, 3.63) is 0 Å². The molecule has 77 valence electrons. The Kier molecular flexibility index (Phi) is 8.83. The summed E-state index contributed by atoms with van der Waals surface area (Å²) in [5.41, 5.74) is 0. The van der Waals surface area contributed by atoms with Crippen molar-refractivity contribution in [2.24, 2.45) is 0 Å². The van der Waals surface area contributed by atoms with Gasteiger partial charge in [-0.15, -0.1) is 0 Å². The number of unbranched alkanes of at least 4 members (excludes halogenated alkanes) is 5. The molecule has 0 heterocycles. The normalized spacial score (nSPS) is 9.69. The van der Waals surface area contributed by atoms with Crippen LogP contribution in [0.5, 0.6) is 0 Å². The molecule has 1 N–H and O–H groups in total. The van der Waals surface area contributed by atoms with E-state index in [9.17, 15) is 4.79 Å². The van der Waals surface area contributed by atoms with Gasteiger partial charge in [-0.1, -0.05) is 39.0 Å². The number of amides is 2. The van der Waals surface area contributed by atoms with E-state index in [2.05, 4.69) is 17.6 Å². The average Bonchev–Trinajstić information content (AvgIpc) is 2.16. The molecule has 0 aliphatic heterocycles. The fourth-order valence-corrected chi connectivity index (χ4v) is 1.18. The lowest BCUT2D eigenvalue weighted by atomic mass is 10.1. The lowest BCUT2D eigenvalue weighted by Crippen LogP contribution is -2.28. The fourth-order valence-electron chi connectivity index (χ4n) is 1.18. The van der Waals surface area contributed by atoms with E-state index in [1.165, 1.54) is 39.2 Å². The van der Waals surface area contributed by atoms with Crippen molar-refractivity contribution in [2.45, 2.75) is 45.4 Å². The Bertz CT molecular complexity index is 126. The molecular weight excluding hydrogens is 164 g/mol. The van der Waals surface area contributed by atoms with E-state index < -0.39 is 0 Å². The van der Waals surface area contributed by atoms with Crippen LogP contribution in [0.1, 0.15) is 45.4 Å². The molecule has 0 aromatic heterocycles. The number of urea groups is 1. The van der Waals surface area contributed by atoms with Gasteiger partial charge in [0.15, 0.2) is 0 Å². The average molecular weight is 185 g/mol. The van der Waals surface area contributed by atoms with Crippen LogP contribution in [-0.4, -0.2) is 19.6 Å². The minimum absolute atomic E-state index is 0.200. The molecule has 0 aliphatic carbocycles. The summed E-state index contributed by atoms with van der Waals surface area (Å²) >= 11 is 0. The number of carbonyl (C=O) groups is 1. The van der Waals surface area contributed by atoms with E-state index in [0.29, 0.717) is 0 Å². The predicted octanol–water partition coefficient (Wildman–Crippen LogP) is 2.29. The highest BCUT2D eigenvalue weighted by Gasteiger charge is 1.95. The molecule has 0 unspecified atom stereocenters. The summed E-state index contributed by atoms with van der Waals surface area (Å²) in [6.07, 6.45) is 7.51. The highest BCUT2D eigenvalue weighted by molar-refractivity contribution is 5.72. The molecule has 0 aromatic carbocycles. The van der Waals surface area contributed by atoms with Crippen LogP contribution in [-0.2, 0) is 0 Å². The quantitative estimate of drug-likeness (QED) is 0.608. The zero-order chi connectivity index (χ0) is 9.94. The predicted molar refractivity (Wildman–Crippen MR) is 54.8 cm³/mol. The molecule has 0 bridgehead atoms. The van der Waals surface area contributed by atoms with E-state index in [1.807, 2.05) is 0 Å². The summed E-state index contributed by atoms with van der Waals surface area (Å²) in [7, 11) is 1.51. The lowest BCUT2D eigenvalue weighted by molar-refractivity contribution is 0.242. The van der Waals surface area contributed by atoms with Crippen LogP contribution in [0, 0.1) is 0 Å². The second kappa shape index (κ2) is 9.36. The Morgan fingerprint density at radius 3 is 2.38 bits per heavy atom. The second-order valence-electron chi connectivity index (χ2n) is 3.22. The van der Waals surface area contributed by atoms with Crippen molar-refractivity contribution >= 4 is 6.03 Å². The third kappa shape index (κ3) is 9.18. The molecule has 0 saturated carbocycles. The molecule has 0 aromatic rings. The first-order valence-electron chi connectivity index (χ1n) is 5.19. The summed E-state index contributed by atoms with van der Waals surface area (Å²) in [6, 6.07) is -0.200. The molecule has 2 amide bonds. The number of nitrogens with one attached hydrogen (secondary N) is 1. The number of hydrogen-bond donors (Lipinski definition) is 1. The van der Waals surface area contributed by atoms with Crippen molar-refractivity contribution in [1.29, 1.82) is 0 Å². The molecule has 0 saturated heterocycles. The maximum Gasteiger partial charge on any atom is 0.336 e. The zero-order valence-corrected chi connectivity index (χ0v) is 8.81. The highest BCUT2D eigenvalue weighted by Crippen LogP contribution is 2.03. The Hall–Kier alpha value is -0.730.